The van der Waals surface area contributed by atoms with E-state index < -0.39 is 0 Å². The Balaban J connectivity index is 1.79. The fourth-order valence-corrected chi connectivity index (χ4v) is 2.87. The molecule has 0 atom stereocenters. The normalized spacial score (nSPS) is 15.8. The van der Waals surface area contributed by atoms with Crippen LogP contribution in [-0.2, 0) is 11.2 Å². The maximum atomic E-state index is 12.2. The lowest BCUT2D eigenvalue weighted by Crippen LogP contribution is -2.44. The standard InChI is InChI=1S/C18H26N2O2/c1-3-14-4-6-15(7-5-14)17(21)8-9-18(22)20-12-10-16(19-2)11-13-20/h4-7,16,19H,3,8-13H2,1-2H3. The van der Waals surface area contributed by atoms with E-state index >= 15 is 0 Å². The Labute approximate surface area is 132 Å². The third-order valence-electron chi connectivity index (χ3n) is 4.51. The highest BCUT2D eigenvalue weighted by atomic mass is 16.2. The van der Waals surface area contributed by atoms with Gasteiger partial charge in [-0.3, -0.25) is 9.59 Å². The van der Waals surface area contributed by atoms with Crippen LogP contribution in [0.3, 0.4) is 0 Å². The summed E-state index contributed by atoms with van der Waals surface area (Å²) in [4.78, 5) is 26.2. The summed E-state index contributed by atoms with van der Waals surface area (Å²) in [5.41, 5.74) is 1.93. The van der Waals surface area contributed by atoms with Gasteiger partial charge in [-0.15, -0.1) is 0 Å². The molecule has 1 aliphatic rings. The van der Waals surface area contributed by atoms with E-state index in [0.717, 1.165) is 32.4 Å². The summed E-state index contributed by atoms with van der Waals surface area (Å²) in [6.45, 7) is 3.68. The second-order valence-corrected chi connectivity index (χ2v) is 5.92. The molecule has 0 aromatic heterocycles. The van der Waals surface area contributed by atoms with E-state index in [-0.39, 0.29) is 11.7 Å². The Kier molecular flexibility index (Phi) is 6.13. The SMILES string of the molecule is CCc1ccc(C(=O)CCC(=O)N2CCC(NC)CC2)cc1. The van der Waals surface area contributed by atoms with Gasteiger partial charge in [0, 0.05) is 37.5 Å². The molecule has 0 aliphatic carbocycles. The first-order valence-electron chi connectivity index (χ1n) is 8.21. The van der Waals surface area contributed by atoms with Gasteiger partial charge in [0.15, 0.2) is 5.78 Å². The van der Waals surface area contributed by atoms with E-state index in [2.05, 4.69) is 12.2 Å². The second-order valence-electron chi connectivity index (χ2n) is 5.92. The molecule has 4 heteroatoms. The molecule has 120 valence electrons. The summed E-state index contributed by atoms with van der Waals surface area (Å²) >= 11 is 0. The monoisotopic (exact) mass is 302 g/mol. The summed E-state index contributed by atoms with van der Waals surface area (Å²) in [6, 6.07) is 8.21. The minimum atomic E-state index is 0.0566. The van der Waals surface area contributed by atoms with Gasteiger partial charge < -0.3 is 10.2 Å². The van der Waals surface area contributed by atoms with Crippen molar-refractivity contribution in [1.82, 2.24) is 10.2 Å². The highest BCUT2D eigenvalue weighted by Gasteiger charge is 2.22. The predicted molar refractivity (Wildman–Crippen MR) is 88.0 cm³/mol. The van der Waals surface area contributed by atoms with Crippen LogP contribution in [0.1, 0.15) is 48.5 Å². The van der Waals surface area contributed by atoms with Crippen molar-refractivity contribution in [2.75, 3.05) is 20.1 Å². The van der Waals surface area contributed by atoms with Crippen molar-refractivity contribution in [3.63, 3.8) is 0 Å². The highest BCUT2D eigenvalue weighted by Crippen LogP contribution is 2.13. The van der Waals surface area contributed by atoms with Crippen molar-refractivity contribution in [3.8, 4) is 0 Å². The first kappa shape index (κ1) is 16.7. The molecule has 1 N–H and O–H groups in total. The molecule has 0 radical (unpaired) electrons. The number of piperidine rings is 1. The Morgan fingerprint density at radius 2 is 1.77 bits per heavy atom. The number of carbonyl (C=O) groups is 2. The molecule has 0 unspecified atom stereocenters. The van der Waals surface area contributed by atoms with Crippen molar-refractivity contribution in [2.45, 2.75) is 45.1 Å². The van der Waals surface area contributed by atoms with Crippen LogP contribution in [0.25, 0.3) is 0 Å². The lowest BCUT2D eigenvalue weighted by molar-refractivity contribution is -0.132. The highest BCUT2D eigenvalue weighted by molar-refractivity contribution is 5.97. The molecular formula is C18H26N2O2. The Bertz CT molecular complexity index is 502. The molecule has 2 rings (SSSR count). The van der Waals surface area contributed by atoms with Gasteiger partial charge in [-0.1, -0.05) is 31.2 Å². The second kappa shape index (κ2) is 8.08. The maximum absolute atomic E-state index is 12.2. The summed E-state index contributed by atoms with van der Waals surface area (Å²) in [5, 5.41) is 3.25. The Morgan fingerprint density at radius 1 is 1.14 bits per heavy atom. The average molecular weight is 302 g/mol. The van der Waals surface area contributed by atoms with Crippen LogP contribution in [0, 0.1) is 0 Å². The minimum absolute atomic E-state index is 0.0566. The number of nitrogens with one attached hydrogen (secondary N) is 1. The van der Waals surface area contributed by atoms with E-state index in [0.29, 0.717) is 24.4 Å². The van der Waals surface area contributed by atoms with E-state index in [1.54, 1.807) is 0 Å². The van der Waals surface area contributed by atoms with Crippen molar-refractivity contribution >= 4 is 11.7 Å². The van der Waals surface area contributed by atoms with Gasteiger partial charge in [0.2, 0.25) is 5.91 Å². The molecule has 22 heavy (non-hydrogen) atoms. The topological polar surface area (TPSA) is 49.4 Å². The molecule has 1 heterocycles. The molecule has 1 saturated heterocycles. The number of Topliss-reactive ketones (excluding diaryl/α,β-unsaturated/α-hetero) is 1. The first-order valence-corrected chi connectivity index (χ1v) is 8.21. The number of nitrogens with zero attached hydrogens (tertiary/aromatic N) is 1. The molecule has 0 bridgehead atoms. The Hall–Kier alpha value is -1.68. The summed E-state index contributed by atoms with van der Waals surface area (Å²) in [7, 11) is 1.96. The van der Waals surface area contributed by atoms with Crippen molar-refractivity contribution < 1.29 is 9.59 Å². The zero-order valence-electron chi connectivity index (χ0n) is 13.6. The molecule has 0 saturated carbocycles. The van der Waals surface area contributed by atoms with Gasteiger partial charge in [-0.05, 0) is 31.9 Å². The third-order valence-corrected chi connectivity index (χ3v) is 4.51. The van der Waals surface area contributed by atoms with Gasteiger partial charge in [0.25, 0.3) is 0 Å². The van der Waals surface area contributed by atoms with Crippen LogP contribution in [0.2, 0.25) is 0 Å². The number of benzene rings is 1. The third kappa shape index (κ3) is 4.41. The number of hydrogen-bond acceptors (Lipinski definition) is 3. The average Bonchev–Trinajstić information content (AvgIpc) is 2.59. The van der Waals surface area contributed by atoms with Crippen LogP contribution >= 0.6 is 0 Å². The number of ketones is 1. The van der Waals surface area contributed by atoms with Crippen LogP contribution < -0.4 is 5.32 Å². The summed E-state index contributed by atoms with van der Waals surface area (Å²) in [6.07, 6.45) is 3.58. The zero-order valence-corrected chi connectivity index (χ0v) is 13.6. The summed E-state index contributed by atoms with van der Waals surface area (Å²) in [5.74, 6) is 0.161. The van der Waals surface area contributed by atoms with E-state index in [4.69, 9.17) is 0 Å². The van der Waals surface area contributed by atoms with Gasteiger partial charge in [-0.2, -0.15) is 0 Å². The molecule has 1 aromatic carbocycles. The van der Waals surface area contributed by atoms with Crippen LogP contribution in [-0.4, -0.2) is 42.8 Å². The van der Waals surface area contributed by atoms with Crippen LogP contribution in [0.4, 0.5) is 0 Å². The number of amides is 1. The number of aryl methyl sites for hydroxylation is 1. The Morgan fingerprint density at radius 3 is 2.32 bits per heavy atom. The fourth-order valence-electron chi connectivity index (χ4n) is 2.87. The van der Waals surface area contributed by atoms with Gasteiger partial charge >= 0.3 is 0 Å². The van der Waals surface area contributed by atoms with Crippen molar-refractivity contribution in [2.24, 2.45) is 0 Å². The van der Waals surface area contributed by atoms with Gasteiger partial charge in [0.05, 0.1) is 0 Å². The molecule has 0 spiro atoms. The number of hydrogen-bond donors (Lipinski definition) is 1. The lowest BCUT2D eigenvalue weighted by Gasteiger charge is -2.31. The van der Waals surface area contributed by atoms with Crippen LogP contribution in [0.5, 0.6) is 0 Å². The molecule has 1 aromatic rings. The quantitative estimate of drug-likeness (QED) is 0.821. The van der Waals surface area contributed by atoms with E-state index in [1.165, 1.54) is 5.56 Å². The lowest BCUT2D eigenvalue weighted by atomic mass is 10.0. The predicted octanol–water partition coefficient (Wildman–Crippen LogP) is 2.42. The molecule has 1 amide bonds. The van der Waals surface area contributed by atoms with Crippen LogP contribution in [0.15, 0.2) is 24.3 Å². The van der Waals surface area contributed by atoms with Gasteiger partial charge in [0.1, 0.15) is 0 Å². The van der Waals surface area contributed by atoms with E-state index in [9.17, 15) is 9.59 Å². The first-order chi connectivity index (χ1) is 10.6. The fraction of sp³-hybridized carbons (Fsp3) is 0.556. The van der Waals surface area contributed by atoms with E-state index in [1.807, 2.05) is 36.2 Å². The van der Waals surface area contributed by atoms with Crippen molar-refractivity contribution in [1.29, 1.82) is 0 Å². The maximum Gasteiger partial charge on any atom is 0.223 e. The smallest absolute Gasteiger partial charge is 0.223 e. The minimum Gasteiger partial charge on any atom is -0.343 e. The molecular weight excluding hydrogens is 276 g/mol. The number of likely N-dealkylation sites (tertiary alicyclic amines) is 1. The van der Waals surface area contributed by atoms with Crippen molar-refractivity contribution in [3.05, 3.63) is 35.4 Å². The van der Waals surface area contributed by atoms with Gasteiger partial charge in [-0.25, -0.2) is 0 Å². The number of rotatable bonds is 6. The number of carbonyl (C=O) groups excluding carboxylic acids is 2. The molecule has 1 aliphatic heterocycles. The largest absolute Gasteiger partial charge is 0.343 e. The summed E-state index contributed by atoms with van der Waals surface area (Å²) < 4.78 is 0. The zero-order chi connectivity index (χ0) is 15.9. The molecule has 1 fully saturated rings. The molecule has 4 nitrogen and oxygen atoms in total.